The van der Waals surface area contributed by atoms with Gasteiger partial charge in [-0.3, -0.25) is 4.79 Å². The van der Waals surface area contributed by atoms with Crippen LogP contribution in [0.4, 0.5) is 0 Å². The third-order valence-corrected chi connectivity index (χ3v) is 4.26. The maximum absolute atomic E-state index is 12.8. The van der Waals surface area contributed by atoms with Gasteiger partial charge in [-0.1, -0.05) is 54.6 Å². The number of rotatable bonds is 5. The van der Waals surface area contributed by atoms with Crippen molar-refractivity contribution in [2.75, 3.05) is 7.11 Å². The average molecular weight is 331 g/mol. The molecule has 0 saturated heterocycles. The van der Waals surface area contributed by atoms with Gasteiger partial charge in [0.15, 0.2) is 0 Å². The summed E-state index contributed by atoms with van der Waals surface area (Å²) < 4.78 is 5.15. The number of hydrogen-bond donors (Lipinski definition) is 1. The van der Waals surface area contributed by atoms with E-state index in [1.165, 1.54) is 0 Å². The summed E-state index contributed by atoms with van der Waals surface area (Å²) in [4.78, 5) is 12.8. The van der Waals surface area contributed by atoms with Gasteiger partial charge in [-0.05, 0) is 47.9 Å². The molecule has 0 bridgehead atoms. The number of benzene rings is 3. The van der Waals surface area contributed by atoms with Gasteiger partial charge in [-0.15, -0.1) is 0 Å². The lowest BCUT2D eigenvalue weighted by Crippen LogP contribution is -2.29. The first kappa shape index (κ1) is 16.8. The van der Waals surface area contributed by atoms with Gasteiger partial charge in [0.2, 0.25) is 0 Å². The van der Waals surface area contributed by atoms with Crippen molar-refractivity contribution >= 4 is 5.91 Å². The molecule has 0 fully saturated rings. The highest BCUT2D eigenvalue weighted by molar-refractivity contribution is 5.94. The van der Waals surface area contributed by atoms with E-state index in [0.717, 1.165) is 22.4 Å². The molecule has 0 aliphatic rings. The van der Waals surface area contributed by atoms with Crippen molar-refractivity contribution in [3.8, 4) is 5.75 Å². The third-order valence-electron chi connectivity index (χ3n) is 4.26. The van der Waals surface area contributed by atoms with Crippen molar-refractivity contribution < 1.29 is 9.53 Å². The van der Waals surface area contributed by atoms with Gasteiger partial charge in [0.25, 0.3) is 5.91 Å². The summed E-state index contributed by atoms with van der Waals surface area (Å²) in [7, 11) is 1.61. The van der Waals surface area contributed by atoms with Crippen molar-refractivity contribution in [2.24, 2.45) is 0 Å². The molecule has 0 saturated carbocycles. The number of carbonyl (C=O) groups excluding carboxylic acids is 1. The van der Waals surface area contributed by atoms with Crippen LogP contribution < -0.4 is 10.1 Å². The van der Waals surface area contributed by atoms with Crippen LogP contribution in [0.15, 0.2) is 78.9 Å². The minimum atomic E-state index is -0.197. The second-order valence-corrected chi connectivity index (χ2v) is 5.90. The van der Waals surface area contributed by atoms with Crippen LogP contribution in [-0.4, -0.2) is 13.0 Å². The van der Waals surface area contributed by atoms with E-state index in [9.17, 15) is 4.79 Å². The molecular formula is C22H21NO2. The predicted octanol–water partition coefficient (Wildman–Crippen LogP) is 4.52. The topological polar surface area (TPSA) is 38.3 Å². The van der Waals surface area contributed by atoms with E-state index < -0.39 is 0 Å². The normalized spacial score (nSPS) is 11.6. The van der Waals surface area contributed by atoms with Crippen LogP contribution in [0.3, 0.4) is 0 Å². The summed E-state index contributed by atoms with van der Waals surface area (Å²) >= 11 is 0. The van der Waals surface area contributed by atoms with Crippen LogP contribution in [0, 0.1) is 6.92 Å². The lowest BCUT2D eigenvalue weighted by atomic mass is 9.94. The minimum Gasteiger partial charge on any atom is -0.497 e. The lowest BCUT2D eigenvalue weighted by Gasteiger charge is -2.22. The van der Waals surface area contributed by atoms with E-state index >= 15 is 0 Å². The van der Waals surface area contributed by atoms with Gasteiger partial charge in [-0.2, -0.15) is 0 Å². The van der Waals surface area contributed by atoms with Crippen molar-refractivity contribution in [2.45, 2.75) is 13.0 Å². The molecule has 3 aromatic rings. The number of aryl methyl sites for hydroxylation is 1. The van der Waals surface area contributed by atoms with E-state index in [0.29, 0.717) is 5.56 Å². The molecule has 0 heterocycles. The Kier molecular flexibility index (Phi) is 5.14. The van der Waals surface area contributed by atoms with Crippen LogP contribution >= 0.6 is 0 Å². The van der Waals surface area contributed by atoms with Crippen LogP contribution in [0.1, 0.15) is 33.1 Å². The summed E-state index contributed by atoms with van der Waals surface area (Å²) in [5, 5.41) is 3.16. The summed E-state index contributed by atoms with van der Waals surface area (Å²) in [5.41, 5.74) is 3.90. The highest BCUT2D eigenvalue weighted by atomic mass is 16.5. The van der Waals surface area contributed by atoms with Crippen LogP contribution in [0.5, 0.6) is 5.75 Å². The smallest absolute Gasteiger partial charge is 0.252 e. The van der Waals surface area contributed by atoms with E-state index in [-0.39, 0.29) is 11.9 Å². The van der Waals surface area contributed by atoms with Crippen molar-refractivity contribution in [1.29, 1.82) is 0 Å². The zero-order chi connectivity index (χ0) is 17.6. The van der Waals surface area contributed by atoms with Crippen molar-refractivity contribution in [1.82, 2.24) is 5.32 Å². The lowest BCUT2D eigenvalue weighted by molar-refractivity contribution is 0.0943. The number of hydrogen-bond acceptors (Lipinski definition) is 2. The number of methoxy groups -OCH3 is 1. The summed E-state index contributed by atoms with van der Waals surface area (Å²) in [6.45, 7) is 2.06. The molecule has 126 valence electrons. The summed E-state index contributed by atoms with van der Waals surface area (Å²) in [6, 6.07) is 25.1. The van der Waals surface area contributed by atoms with Crippen LogP contribution in [0.25, 0.3) is 0 Å². The molecule has 0 spiro atoms. The third kappa shape index (κ3) is 3.89. The van der Waals surface area contributed by atoms with E-state index in [4.69, 9.17) is 4.74 Å². The number of nitrogens with one attached hydrogen (secondary N) is 1. The predicted molar refractivity (Wildman–Crippen MR) is 99.9 cm³/mol. The van der Waals surface area contributed by atoms with Crippen molar-refractivity contribution in [3.05, 3.63) is 101 Å². The van der Waals surface area contributed by atoms with Gasteiger partial charge in [0.05, 0.1) is 13.2 Å². The molecule has 0 radical (unpaired) electrons. The molecule has 25 heavy (non-hydrogen) atoms. The first-order valence-corrected chi connectivity index (χ1v) is 8.24. The Hall–Kier alpha value is -3.07. The fourth-order valence-electron chi connectivity index (χ4n) is 2.85. The molecule has 1 N–H and O–H groups in total. The quantitative estimate of drug-likeness (QED) is 0.746. The maximum Gasteiger partial charge on any atom is 0.252 e. The minimum absolute atomic E-state index is 0.111. The van der Waals surface area contributed by atoms with Gasteiger partial charge in [-0.25, -0.2) is 0 Å². The zero-order valence-electron chi connectivity index (χ0n) is 14.4. The largest absolute Gasteiger partial charge is 0.497 e. The van der Waals surface area contributed by atoms with Crippen molar-refractivity contribution in [3.63, 3.8) is 0 Å². The number of carbonyl (C=O) groups is 1. The Morgan fingerprint density at radius 2 is 1.52 bits per heavy atom. The number of ether oxygens (including phenoxy) is 1. The second-order valence-electron chi connectivity index (χ2n) is 5.90. The molecule has 3 heteroatoms. The Morgan fingerprint density at radius 1 is 0.880 bits per heavy atom. The molecule has 0 unspecified atom stereocenters. The molecule has 0 aliphatic heterocycles. The van der Waals surface area contributed by atoms with Gasteiger partial charge in [0, 0.05) is 5.56 Å². The molecular weight excluding hydrogens is 310 g/mol. The Morgan fingerprint density at radius 3 is 2.16 bits per heavy atom. The van der Waals surface area contributed by atoms with E-state index in [2.05, 4.69) is 24.4 Å². The fourth-order valence-corrected chi connectivity index (χ4v) is 2.85. The standard InChI is InChI=1S/C22H21NO2/c1-16-8-6-7-11-20(16)21(17-9-4-3-5-10-17)23-22(24)18-12-14-19(25-2)15-13-18/h3-15,21H,1-2H3,(H,23,24)/t21-/m1/s1. The Bertz CT molecular complexity index is 841. The summed E-state index contributed by atoms with van der Waals surface area (Å²) in [6.07, 6.45) is 0. The van der Waals surface area contributed by atoms with Gasteiger partial charge in [0.1, 0.15) is 5.75 Å². The first-order chi connectivity index (χ1) is 12.2. The highest BCUT2D eigenvalue weighted by Gasteiger charge is 2.19. The SMILES string of the molecule is COc1ccc(C(=O)N[C@H](c2ccccc2)c2ccccc2C)cc1. The molecule has 0 aromatic heterocycles. The Labute approximate surface area is 148 Å². The van der Waals surface area contributed by atoms with Crippen LogP contribution in [-0.2, 0) is 0 Å². The molecule has 1 atom stereocenters. The van der Waals surface area contributed by atoms with E-state index in [1.807, 2.05) is 42.5 Å². The monoisotopic (exact) mass is 331 g/mol. The first-order valence-electron chi connectivity index (χ1n) is 8.24. The average Bonchev–Trinajstić information content (AvgIpc) is 2.67. The molecule has 0 aliphatic carbocycles. The van der Waals surface area contributed by atoms with Crippen LogP contribution in [0.2, 0.25) is 0 Å². The maximum atomic E-state index is 12.8. The molecule has 3 nitrogen and oxygen atoms in total. The van der Waals surface area contributed by atoms with Gasteiger partial charge >= 0.3 is 0 Å². The van der Waals surface area contributed by atoms with Gasteiger partial charge < -0.3 is 10.1 Å². The number of amides is 1. The zero-order valence-corrected chi connectivity index (χ0v) is 14.4. The highest BCUT2D eigenvalue weighted by Crippen LogP contribution is 2.25. The summed E-state index contributed by atoms with van der Waals surface area (Å²) in [5.74, 6) is 0.620. The van der Waals surface area contributed by atoms with E-state index in [1.54, 1.807) is 31.4 Å². The Balaban J connectivity index is 1.92. The molecule has 3 rings (SSSR count). The molecule has 1 amide bonds. The second kappa shape index (κ2) is 7.67. The molecule has 3 aromatic carbocycles. The fraction of sp³-hybridized carbons (Fsp3) is 0.136.